The summed E-state index contributed by atoms with van der Waals surface area (Å²) in [4.78, 5) is 25.4. The Bertz CT molecular complexity index is 1130. The summed E-state index contributed by atoms with van der Waals surface area (Å²) in [5.41, 5.74) is 2.43. The van der Waals surface area contributed by atoms with Crippen molar-refractivity contribution in [2.75, 3.05) is 50.1 Å². The molecule has 1 aromatic carbocycles. The zero-order valence-corrected chi connectivity index (χ0v) is 19.0. The topological polar surface area (TPSA) is 94.4 Å². The third kappa shape index (κ3) is 5.23. The molecule has 0 aliphatic carbocycles. The minimum atomic E-state index is -0.00990. The van der Waals surface area contributed by atoms with Crippen molar-refractivity contribution < 1.29 is 9.53 Å². The van der Waals surface area contributed by atoms with Crippen LogP contribution in [0.1, 0.15) is 11.3 Å². The van der Waals surface area contributed by atoms with E-state index in [1.807, 2.05) is 29.2 Å². The molecule has 170 valence electrons. The van der Waals surface area contributed by atoms with Gasteiger partial charge in [-0.25, -0.2) is 4.98 Å². The highest BCUT2D eigenvalue weighted by molar-refractivity contribution is 6.32. The van der Waals surface area contributed by atoms with E-state index < -0.39 is 0 Å². The molecule has 8 nitrogen and oxygen atoms in total. The third-order valence-electron chi connectivity index (χ3n) is 5.54. The number of anilines is 2. The lowest BCUT2D eigenvalue weighted by molar-refractivity contribution is -0.129. The number of carbonyl (C=O) groups excluding carboxylic acids is 1. The number of pyridine rings is 2. The lowest BCUT2D eigenvalue weighted by Crippen LogP contribution is -2.50. The SMILES string of the molecule is COc1cc(N2CCN(C(=O)CNc3ncccc3C(=N)c3ccccn3)CC2)ccc1Cl. The maximum Gasteiger partial charge on any atom is 0.242 e. The Morgan fingerprint density at radius 3 is 2.61 bits per heavy atom. The number of rotatable bonds is 7. The molecule has 3 heterocycles. The zero-order chi connectivity index (χ0) is 23.2. The van der Waals surface area contributed by atoms with E-state index in [9.17, 15) is 4.79 Å². The Balaban J connectivity index is 1.35. The Morgan fingerprint density at radius 1 is 1.09 bits per heavy atom. The number of ether oxygens (including phenoxy) is 1. The van der Waals surface area contributed by atoms with Crippen LogP contribution >= 0.6 is 11.6 Å². The molecule has 2 aromatic heterocycles. The van der Waals surface area contributed by atoms with E-state index in [0.29, 0.717) is 40.9 Å². The Kier molecular flexibility index (Phi) is 7.04. The van der Waals surface area contributed by atoms with Crippen LogP contribution in [-0.4, -0.2) is 66.3 Å². The summed E-state index contributed by atoms with van der Waals surface area (Å²) in [5, 5.41) is 12.2. The Morgan fingerprint density at radius 2 is 1.88 bits per heavy atom. The smallest absolute Gasteiger partial charge is 0.242 e. The predicted molar refractivity (Wildman–Crippen MR) is 130 cm³/mol. The molecule has 4 rings (SSSR count). The first-order valence-corrected chi connectivity index (χ1v) is 11.0. The van der Waals surface area contributed by atoms with Gasteiger partial charge >= 0.3 is 0 Å². The van der Waals surface area contributed by atoms with Gasteiger partial charge in [-0.05, 0) is 36.4 Å². The number of methoxy groups -OCH3 is 1. The van der Waals surface area contributed by atoms with Gasteiger partial charge in [0.2, 0.25) is 5.91 Å². The number of piperazine rings is 1. The lowest BCUT2D eigenvalue weighted by atomic mass is 10.1. The summed E-state index contributed by atoms with van der Waals surface area (Å²) in [6, 6.07) is 14.7. The minimum Gasteiger partial charge on any atom is -0.495 e. The first-order valence-electron chi connectivity index (χ1n) is 10.6. The number of amides is 1. The maximum atomic E-state index is 12.8. The third-order valence-corrected chi connectivity index (χ3v) is 5.85. The highest BCUT2D eigenvalue weighted by Crippen LogP contribution is 2.29. The van der Waals surface area contributed by atoms with Crippen molar-refractivity contribution in [1.29, 1.82) is 5.41 Å². The van der Waals surface area contributed by atoms with Gasteiger partial charge < -0.3 is 19.9 Å². The average Bonchev–Trinajstić information content (AvgIpc) is 2.88. The van der Waals surface area contributed by atoms with Crippen LogP contribution in [0.4, 0.5) is 11.5 Å². The zero-order valence-electron chi connectivity index (χ0n) is 18.3. The second-order valence-electron chi connectivity index (χ2n) is 7.53. The molecule has 0 spiro atoms. The fourth-order valence-corrected chi connectivity index (χ4v) is 3.92. The number of nitrogens with zero attached hydrogens (tertiary/aromatic N) is 4. The summed E-state index contributed by atoms with van der Waals surface area (Å²) in [7, 11) is 1.60. The van der Waals surface area contributed by atoms with Crippen LogP contribution in [0.5, 0.6) is 5.75 Å². The molecule has 0 unspecified atom stereocenters. The number of nitrogens with one attached hydrogen (secondary N) is 2. The van der Waals surface area contributed by atoms with E-state index in [1.165, 1.54) is 0 Å². The van der Waals surface area contributed by atoms with Crippen LogP contribution in [0.3, 0.4) is 0 Å². The second-order valence-corrected chi connectivity index (χ2v) is 7.94. The van der Waals surface area contributed by atoms with Gasteiger partial charge in [0.15, 0.2) is 0 Å². The fourth-order valence-electron chi connectivity index (χ4n) is 3.73. The molecule has 0 bridgehead atoms. The van der Waals surface area contributed by atoms with Gasteiger partial charge in [-0.15, -0.1) is 0 Å². The summed E-state index contributed by atoms with van der Waals surface area (Å²) >= 11 is 6.13. The molecule has 1 aliphatic heterocycles. The fraction of sp³-hybridized carbons (Fsp3) is 0.250. The number of hydrogen-bond acceptors (Lipinski definition) is 7. The van der Waals surface area contributed by atoms with E-state index in [1.54, 1.807) is 43.8 Å². The molecule has 33 heavy (non-hydrogen) atoms. The second kappa shape index (κ2) is 10.3. The summed E-state index contributed by atoms with van der Waals surface area (Å²) in [6.45, 7) is 2.77. The van der Waals surface area contributed by atoms with Crippen LogP contribution < -0.4 is 15.0 Å². The van der Waals surface area contributed by atoms with Crippen molar-refractivity contribution >= 4 is 34.7 Å². The minimum absolute atomic E-state index is 0.00990. The van der Waals surface area contributed by atoms with Gasteiger partial charge in [-0.3, -0.25) is 15.2 Å². The maximum absolute atomic E-state index is 12.8. The molecular weight excluding hydrogens is 440 g/mol. The molecule has 0 saturated carbocycles. The van der Waals surface area contributed by atoms with Crippen molar-refractivity contribution in [3.63, 3.8) is 0 Å². The van der Waals surface area contributed by atoms with Crippen molar-refractivity contribution in [3.05, 3.63) is 77.2 Å². The number of aromatic nitrogens is 2. The molecule has 0 atom stereocenters. The number of halogens is 1. The first-order chi connectivity index (χ1) is 16.1. The number of carbonyl (C=O) groups is 1. The van der Waals surface area contributed by atoms with Crippen LogP contribution in [0, 0.1) is 5.41 Å². The van der Waals surface area contributed by atoms with E-state index in [0.717, 1.165) is 18.8 Å². The molecular formula is C24H25ClN6O2. The van der Waals surface area contributed by atoms with Gasteiger partial charge in [0, 0.05) is 55.9 Å². The summed E-state index contributed by atoms with van der Waals surface area (Å²) in [6.07, 6.45) is 3.29. The van der Waals surface area contributed by atoms with Gasteiger partial charge in [0.1, 0.15) is 11.6 Å². The van der Waals surface area contributed by atoms with Crippen LogP contribution in [0.25, 0.3) is 0 Å². The van der Waals surface area contributed by atoms with E-state index in [2.05, 4.69) is 20.2 Å². The number of hydrogen-bond donors (Lipinski definition) is 2. The quantitative estimate of drug-likeness (QED) is 0.521. The van der Waals surface area contributed by atoms with Gasteiger partial charge in [0.25, 0.3) is 0 Å². The molecule has 3 aromatic rings. The van der Waals surface area contributed by atoms with Crippen molar-refractivity contribution in [2.24, 2.45) is 0 Å². The monoisotopic (exact) mass is 464 g/mol. The van der Waals surface area contributed by atoms with Crippen molar-refractivity contribution in [3.8, 4) is 5.75 Å². The normalized spacial score (nSPS) is 13.5. The average molecular weight is 465 g/mol. The van der Waals surface area contributed by atoms with Crippen LogP contribution in [-0.2, 0) is 4.79 Å². The Hall–Kier alpha value is -3.65. The van der Waals surface area contributed by atoms with E-state index in [4.69, 9.17) is 21.7 Å². The highest BCUT2D eigenvalue weighted by Gasteiger charge is 2.22. The molecule has 0 radical (unpaired) electrons. The highest BCUT2D eigenvalue weighted by atomic mass is 35.5. The molecule has 1 aliphatic rings. The van der Waals surface area contributed by atoms with Gasteiger partial charge in [-0.1, -0.05) is 17.7 Å². The van der Waals surface area contributed by atoms with Crippen LogP contribution in [0.15, 0.2) is 60.9 Å². The van der Waals surface area contributed by atoms with E-state index in [-0.39, 0.29) is 18.2 Å². The predicted octanol–water partition coefficient (Wildman–Crippen LogP) is 3.32. The Labute approximate surface area is 197 Å². The van der Waals surface area contributed by atoms with Crippen molar-refractivity contribution in [2.45, 2.75) is 0 Å². The van der Waals surface area contributed by atoms with E-state index >= 15 is 0 Å². The van der Waals surface area contributed by atoms with Gasteiger partial charge in [-0.2, -0.15) is 0 Å². The molecule has 1 fully saturated rings. The van der Waals surface area contributed by atoms with Gasteiger partial charge in [0.05, 0.1) is 30.1 Å². The van der Waals surface area contributed by atoms with Crippen LogP contribution in [0.2, 0.25) is 5.02 Å². The molecule has 1 amide bonds. The molecule has 1 saturated heterocycles. The largest absolute Gasteiger partial charge is 0.495 e. The lowest BCUT2D eigenvalue weighted by Gasteiger charge is -2.36. The summed E-state index contributed by atoms with van der Waals surface area (Å²) < 4.78 is 5.31. The standard InChI is InChI=1S/C24H25ClN6O2/c1-33-21-15-17(7-8-19(21)25)30-11-13-31(14-12-30)22(32)16-29-24-18(5-4-10-28-24)23(26)20-6-2-3-9-27-20/h2-10,15,26H,11-14,16H2,1H3,(H,28,29). The number of benzene rings is 1. The van der Waals surface area contributed by atoms with Crippen molar-refractivity contribution in [1.82, 2.24) is 14.9 Å². The molecule has 2 N–H and O–H groups in total. The first kappa shape index (κ1) is 22.5. The molecule has 9 heteroatoms. The summed E-state index contributed by atoms with van der Waals surface area (Å²) in [5.74, 6) is 1.12.